The summed E-state index contributed by atoms with van der Waals surface area (Å²) < 4.78 is 0. The number of hydrogen-bond donors (Lipinski definition) is 0. The Bertz CT molecular complexity index is 529. The minimum atomic E-state index is 0.389. The Kier molecular flexibility index (Phi) is 4.22. The predicted octanol–water partition coefficient (Wildman–Crippen LogP) is 6.05. The quantitative estimate of drug-likeness (QED) is 0.592. The number of rotatable bonds is 2. The first-order valence-electron chi connectivity index (χ1n) is 4.91. The van der Waals surface area contributed by atoms with E-state index in [2.05, 4.69) is 0 Å². The second-order valence-corrected chi connectivity index (χ2v) is 5.11. The van der Waals surface area contributed by atoms with Gasteiger partial charge in [-0.05, 0) is 35.4 Å². The van der Waals surface area contributed by atoms with Crippen LogP contribution in [0.1, 0.15) is 5.56 Å². The molecule has 0 atom stereocenters. The van der Waals surface area contributed by atoms with Gasteiger partial charge in [0.05, 0.1) is 0 Å². The van der Waals surface area contributed by atoms with Gasteiger partial charge in [0.15, 0.2) is 0 Å². The van der Waals surface area contributed by atoms with Crippen molar-refractivity contribution in [2.45, 2.75) is 5.88 Å². The molecule has 0 saturated heterocycles. The molecule has 0 heterocycles. The summed E-state index contributed by atoms with van der Waals surface area (Å²) in [5, 5.41) is 1.79. The van der Waals surface area contributed by atoms with Crippen LogP contribution in [0.15, 0.2) is 36.4 Å². The van der Waals surface area contributed by atoms with Crippen LogP contribution in [0.4, 0.5) is 0 Å². The highest BCUT2D eigenvalue weighted by molar-refractivity contribution is 6.36. The lowest BCUT2D eigenvalue weighted by Gasteiger charge is -2.10. The van der Waals surface area contributed by atoms with Gasteiger partial charge < -0.3 is 0 Å². The number of hydrogen-bond acceptors (Lipinski definition) is 0. The summed E-state index contributed by atoms with van der Waals surface area (Å²) >= 11 is 24.1. The van der Waals surface area contributed by atoms with Crippen LogP contribution in [0.2, 0.25) is 15.1 Å². The van der Waals surface area contributed by atoms with Crippen molar-refractivity contribution in [2.75, 3.05) is 0 Å². The molecule has 0 spiro atoms. The molecular formula is C13H8Cl4. The maximum absolute atomic E-state index is 6.20. The zero-order valence-corrected chi connectivity index (χ0v) is 11.7. The van der Waals surface area contributed by atoms with E-state index in [1.807, 2.05) is 30.3 Å². The van der Waals surface area contributed by atoms with E-state index in [1.54, 1.807) is 6.07 Å². The van der Waals surface area contributed by atoms with E-state index in [-0.39, 0.29) is 0 Å². The van der Waals surface area contributed by atoms with Gasteiger partial charge in [0.2, 0.25) is 0 Å². The molecule has 0 nitrogen and oxygen atoms in total. The topological polar surface area (TPSA) is 0 Å². The van der Waals surface area contributed by atoms with Crippen molar-refractivity contribution in [1.82, 2.24) is 0 Å². The van der Waals surface area contributed by atoms with Gasteiger partial charge in [0.25, 0.3) is 0 Å². The van der Waals surface area contributed by atoms with E-state index in [4.69, 9.17) is 46.4 Å². The molecule has 0 saturated carbocycles. The van der Waals surface area contributed by atoms with Crippen molar-refractivity contribution < 1.29 is 0 Å². The van der Waals surface area contributed by atoms with Gasteiger partial charge in [-0.3, -0.25) is 0 Å². The molecule has 2 aromatic carbocycles. The summed E-state index contributed by atoms with van der Waals surface area (Å²) in [6, 6.07) is 11.0. The molecule has 0 aliphatic rings. The van der Waals surface area contributed by atoms with E-state index >= 15 is 0 Å². The Morgan fingerprint density at radius 1 is 0.882 bits per heavy atom. The van der Waals surface area contributed by atoms with Crippen LogP contribution in [0.5, 0.6) is 0 Å². The van der Waals surface area contributed by atoms with Crippen LogP contribution in [0, 0.1) is 0 Å². The Morgan fingerprint density at radius 3 is 2.12 bits per heavy atom. The standard InChI is InChI=1S/C13H8Cl4/c14-7-8-2-1-3-12(17)13(8)9-4-10(15)6-11(16)5-9/h1-6H,7H2. The molecule has 0 aliphatic heterocycles. The third kappa shape index (κ3) is 2.89. The van der Waals surface area contributed by atoms with Crippen LogP contribution in [-0.2, 0) is 5.88 Å². The molecule has 4 heteroatoms. The maximum atomic E-state index is 6.20. The van der Waals surface area contributed by atoms with Crippen LogP contribution in [0.25, 0.3) is 11.1 Å². The van der Waals surface area contributed by atoms with Crippen molar-refractivity contribution >= 4 is 46.4 Å². The van der Waals surface area contributed by atoms with Crippen LogP contribution < -0.4 is 0 Å². The fourth-order valence-electron chi connectivity index (χ4n) is 1.70. The van der Waals surface area contributed by atoms with Gasteiger partial charge in [-0.2, -0.15) is 0 Å². The monoisotopic (exact) mass is 304 g/mol. The number of alkyl halides is 1. The molecule has 0 N–H and O–H groups in total. The Balaban J connectivity index is 2.67. The number of halogens is 4. The highest BCUT2D eigenvalue weighted by Gasteiger charge is 2.10. The first-order valence-corrected chi connectivity index (χ1v) is 6.58. The first kappa shape index (κ1) is 13.0. The third-order valence-electron chi connectivity index (χ3n) is 2.40. The van der Waals surface area contributed by atoms with E-state index in [0.29, 0.717) is 20.9 Å². The number of benzene rings is 2. The first-order chi connectivity index (χ1) is 8.11. The molecule has 0 aliphatic carbocycles. The SMILES string of the molecule is ClCc1cccc(Cl)c1-c1cc(Cl)cc(Cl)c1. The summed E-state index contributed by atoms with van der Waals surface area (Å²) in [5.74, 6) is 0.389. The summed E-state index contributed by atoms with van der Waals surface area (Å²) in [5.41, 5.74) is 2.72. The summed E-state index contributed by atoms with van der Waals surface area (Å²) in [6.45, 7) is 0. The zero-order valence-electron chi connectivity index (χ0n) is 8.68. The zero-order chi connectivity index (χ0) is 12.4. The normalized spacial score (nSPS) is 10.6. The third-order valence-corrected chi connectivity index (χ3v) is 3.43. The van der Waals surface area contributed by atoms with Crippen molar-refractivity contribution in [1.29, 1.82) is 0 Å². The van der Waals surface area contributed by atoms with Crippen molar-refractivity contribution in [3.63, 3.8) is 0 Å². The largest absolute Gasteiger partial charge is 0.122 e. The fourth-order valence-corrected chi connectivity index (χ4v) is 2.75. The molecule has 17 heavy (non-hydrogen) atoms. The van der Waals surface area contributed by atoms with Crippen LogP contribution in [-0.4, -0.2) is 0 Å². The van der Waals surface area contributed by atoms with E-state index < -0.39 is 0 Å². The van der Waals surface area contributed by atoms with E-state index in [9.17, 15) is 0 Å². The lowest BCUT2D eigenvalue weighted by molar-refractivity contribution is 1.40. The lowest BCUT2D eigenvalue weighted by Crippen LogP contribution is -1.88. The van der Waals surface area contributed by atoms with Gasteiger partial charge in [-0.1, -0.05) is 46.9 Å². The highest BCUT2D eigenvalue weighted by Crippen LogP contribution is 2.35. The second kappa shape index (κ2) is 5.49. The van der Waals surface area contributed by atoms with Crippen LogP contribution in [0.3, 0.4) is 0 Å². The van der Waals surface area contributed by atoms with E-state index in [0.717, 1.165) is 16.7 Å². The van der Waals surface area contributed by atoms with Crippen LogP contribution >= 0.6 is 46.4 Å². The van der Waals surface area contributed by atoms with Gasteiger partial charge >= 0.3 is 0 Å². The minimum Gasteiger partial charge on any atom is -0.122 e. The molecule has 0 amide bonds. The fraction of sp³-hybridized carbons (Fsp3) is 0.0769. The molecule has 2 aromatic rings. The Hall–Kier alpha value is -0.400. The summed E-state index contributed by atoms with van der Waals surface area (Å²) in [6.07, 6.45) is 0. The Labute approximate surface area is 120 Å². The van der Waals surface area contributed by atoms with Crippen molar-refractivity contribution in [3.05, 3.63) is 57.0 Å². The molecular weight excluding hydrogens is 298 g/mol. The molecule has 0 fully saturated rings. The van der Waals surface area contributed by atoms with Crippen molar-refractivity contribution in [2.24, 2.45) is 0 Å². The second-order valence-electron chi connectivity index (χ2n) is 3.57. The summed E-state index contributed by atoms with van der Waals surface area (Å²) in [7, 11) is 0. The minimum absolute atomic E-state index is 0.389. The average molecular weight is 306 g/mol. The molecule has 88 valence electrons. The predicted molar refractivity (Wildman–Crippen MR) is 76.5 cm³/mol. The highest BCUT2D eigenvalue weighted by atomic mass is 35.5. The molecule has 0 radical (unpaired) electrons. The van der Waals surface area contributed by atoms with E-state index in [1.165, 1.54) is 0 Å². The lowest BCUT2D eigenvalue weighted by atomic mass is 10.0. The average Bonchev–Trinajstić information content (AvgIpc) is 2.27. The van der Waals surface area contributed by atoms with Gasteiger partial charge in [0.1, 0.15) is 0 Å². The molecule has 2 rings (SSSR count). The molecule has 0 bridgehead atoms. The molecule has 0 unspecified atom stereocenters. The van der Waals surface area contributed by atoms with Crippen molar-refractivity contribution in [3.8, 4) is 11.1 Å². The smallest absolute Gasteiger partial charge is 0.0487 e. The molecule has 0 aromatic heterocycles. The van der Waals surface area contributed by atoms with Gasteiger partial charge in [-0.25, -0.2) is 0 Å². The Morgan fingerprint density at radius 2 is 1.53 bits per heavy atom. The maximum Gasteiger partial charge on any atom is 0.0487 e. The van der Waals surface area contributed by atoms with Gasteiger partial charge in [-0.15, -0.1) is 11.6 Å². The van der Waals surface area contributed by atoms with Gasteiger partial charge in [0, 0.05) is 26.5 Å². The summed E-state index contributed by atoms with van der Waals surface area (Å²) in [4.78, 5) is 0.